The third-order valence-corrected chi connectivity index (χ3v) is 8.21. The maximum Gasteiger partial charge on any atom is 0.257 e. The van der Waals surface area contributed by atoms with Gasteiger partial charge in [-0.25, -0.2) is 0 Å². The summed E-state index contributed by atoms with van der Waals surface area (Å²) in [5.41, 5.74) is 1.89. The van der Waals surface area contributed by atoms with Crippen molar-refractivity contribution in [2.75, 3.05) is 39.0 Å². The fourth-order valence-corrected chi connectivity index (χ4v) is 5.84. The smallest absolute Gasteiger partial charge is 0.257 e. The van der Waals surface area contributed by atoms with E-state index < -0.39 is 0 Å². The Kier molecular flexibility index (Phi) is 7.97. The van der Waals surface area contributed by atoms with Gasteiger partial charge < -0.3 is 39.2 Å². The van der Waals surface area contributed by atoms with E-state index in [-0.39, 0.29) is 61.7 Å². The summed E-state index contributed by atoms with van der Waals surface area (Å²) in [6, 6.07) is 10.6. The first-order chi connectivity index (χ1) is 19.9. The molecular weight excluding hydrogens is 530 g/mol. The Morgan fingerprint density at radius 1 is 0.951 bits per heavy atom. The van der Waals surface area contributed by atoms with E-state index in [1.807, 2.05) is 18.2 Å². The normalized spacial score (nSPS) is 23.9. The highest BCUT2D eigenvalue weighted by molar-refractivity contribution is 6.00. The van der Waals surface area contributed by atoms with Gasteiger partial charge in [-0.05, 0) is 61.6 Å². The summed E-state index contributed by atoms with van der Waals surface area (Å²) < 4.78 is 28.5. The Morgan fingerprint density at radius 3 is 2.61 bits per heavy atom. The average Bonchev–Trinajstić information content (AvgIpc) is 3.47. The van der Waals surface area contributed by atoms with Crippen LogP contribution in [0.2, 0.25) is 0 Å². The first-order valence-electron chi connectivity index (χ1n) is 14.2. The van der Waals surface area contributed by atoms with Gasteiger partial charge in [0, 0.05) is 38.4 Å². The molecule has 11 nitrogen and oxygen atoms in total. The molecular formula is C30H35N3O8. The first kappa shape index (κ1) is 27.3. The number of benzene rings is 2. The van der Waals surface area contributed by atoms with E-state index in [1.165, 1.54) is 0 Å². The van der Waals surface area contributed by atoms with Crippen molar-refractivity contribution in [3.63, 3.8) is 0 Å². The predicted octanol–water partition coefficient (Wildman–Crippen LogP) is 2.87. The summed E-state index contributed by atoms with van der Waals surface area (Å²) in [6.07, 6.45) is 2.28. The van der Waals surface area contributed by atoms with E-state index in [4.69, 9.17) is 23.7 Å². The minimum absolute atomic E-state index is 0.0625. The lowest BCUT2D eigenvalue weighted by Gasteiger charge is -2.42. The Balaban J connectivity index is 1.05. The summed E-state index contributed by atoms with van der Waals surface area (Å²) in [5, 5.41) is 5.90. The molecule has 2 aromatic rings. The predicted molar refractivity (Wildman–Crippen MR) is 147 cm³/mol. The lowest BCUT2D eigenvalue weighted by atomic mass is 9.94. The quantitative estimate of drug-likeness (QED) is 0.548. The van der Waals surface area contributed by atoms with Gasteiger partial charge in [-0.3, -0.25) is 14.4 Å². The largest absolute Gasteiger partial charge is 0.490 e. The summed E-state index contributed by atoms with van der Waals surface area (Å²) in [6.45, 7) is 1.99. The van der Waals surface area contributed by atoms with Gasteiger partial charge in [0.1, 0.15) is 18.5 Å². The van der Waals surface area contributed by atoms with Gasteiger partial charge in [-0.2, -0.15) is 0 Å². The number of hydrogen-bond acceptors (Lipinski definition) is 8. The molecule has 4 aliphatic rings. The van der Waals surface area contributed by atoms with E-state index >= 15 is 0 Å². The molecule has 2 saturated heterocycles. The molecule has 2 aromatic carbocycles. The molecule has 4 aliphatic heterocycles. The van der Waals surface area contributed by atoms with Gasteiger partial charge in [0.05, 0.1) is 24.1 Å². The zero-order valence-electron chi connectivity index (χ0n) is 23.1. The minimum Gasteiger partial charge on any atom is -0.490 e. The number of carbonyl (C=O) groups is 3. The van der Waals surface area contributed by atoms with Crippen molar-refractivity contribution < 1.29 is 38.1 Å². The molecule has 2 fully saturated rings. The fourth-order valence-electron chi connectivity index (χ4n) is 5.84. The van der Waals surface area contributed by atoms with Crippen molar-refractivity contribution in [1.82, 2.24) is 10.2 Å². The highest BCUT2D eigenvalue weighted by atomic mass is 16.7. The van der Waals surface area contributed by atoms with Crippen molar-refractivity contribution in [2.45, 2.75) is 56.9 Å². The molecule has 0 unspecified atom stereocenters. The number of anilines is 1. The lowest BCUT2D eigenvalue weighted by molar-refractivity contribution is -0.134. The Labute approximate surface area is 238 Å². The summed E-state index contributed by atoms with van der Waals surface area (Å²) in [7, 11) is 1.77. The van der Waals surface area contributed by atoms with Gasteiger partial charge in [-0.1, -0.05) is 6.07 Å². The highest BCUT2D eigenvalue weighted by Gasteiger charge is 2.39. The molecule has 11 heteroatoms. The second-order valence-electron chi connectivity index (χ2n) is 10.9. The van der Waals surface area contributed by atoms with E-state index in [2.05, 4.69) is 10.6 Å². The first-order valence-corrected chi connectivity index (χ1v) is 14.2. The van der Waals surface area contributed by atoms with Gasteiger partial charge in [0.15, 0.2) is 11.5 Å². The van der Waals surface area contributed by atoms with Crippen LogP contribution in [0.1, 0.15) is 48.0 Å². The van der Waals surface area contributed by atoms with Crippen LogP contribution in [-0.4, -0.2) is 74.5 Å². The SMILES string of the molecule is CN1C(=O)c2cc(NC(=O)C3CCOCC3)ccc2OC[C@@H]2O[C@@H](CC(=O)NCc3ccc4c(c3)OCO4)CC[C@@H]21. The van der Waals surface area contributed by atoms with Crippen molar-refractivity contribution in [3.8, 4) is 17.2 Å². The maximum atomic E-state index is 13.5. The zero-order valence-corrected chi connectivity index (χ0v) is 23.1. The number of ether oxygens (including phenoxy) is 5. The van der Waals surface area contributed by atoms with Gasteiger partial charge in [0.25, 0.3) is 5.91 Å². The fraction of sp³-hybridized carbons (Fsp3) is 0.500. The van der Waals surface area contributed by atoms with Crippen LogP contribution >= 0.6 is 0 Å². The van der Waals surface area contributed by atoms with E-state index in [0.717, 1.165) is 5.56 Å². The van der Waals surface area contributed by atoms with Crippen molar-refractivity contribution in [2.24, 2.45) is 5.92 Å². The van der Waals surface area contributed by atoms with Crippen LogP contribution < -0.4 is 24.8 Å². The zero-order chi connectivity index (χ0) is 28.3. The molecule has 41 heavy (non-hydrogen) atoms. The van der Waals surface area contributed by atoms with Crippen LogP contribution in [0.25, 0.3) is 0 Å². The molecule has 3 atom stereocenters. The minimum atomic E-state index is -0.370. The van der Waals surface area contributed by atoms with Crippen LogP contribution in [0.5, 0.6) is 17.2 Å². The Bertz CT molecular complexity index is 1310. The van der Waals surface area contributed by atoms with Crippen LogP contribution in [0.3, 0.4) is 0 Å². The van der Waals surface area contributed by atoms with E-state index in [1.54, 1.807) is 30.1 Å². The van der Waals surface area contributed by atoms with Crippen LogP contribution in [-0.2, 0) is 25.6 Å². The lowest BCUT2D eigenvalue weighted by Crippen LogP contribution is -2.53. The molecule has 3 amide bonds. The van der Waals surface area contributed by atoms with Crippen LogP contribution in [0.4, 0.5) is 5.69 Å². The number of amides is 3. The average molecular weight is 566 g/mol. The number of carbonyl (C=O) groups excluding carboxylic acids is 3. The number of fused-ring (bicyclic) bond motifs is 3. The van der Waals surface area contributed by atoms with Gasteiger partial charge in [-0.15, -0.1) is 0 Å². The summed E-state index contributed by atoms with van der Waals surface area (Å²) >= 11 is 0. The van der Waals surface area contributed by atoms with Crippen molar-refractivity contribution >= 4 is 23.4 Å². The third kappa shape index (κ3) is 6.11. The second-order valence-corrected chi connectivity index (χ2v) is 10.9. The van der Waals surface area contributed by atoms with Crippen LogP contribution in [0, 0.1) is 5.92 Å². The molecule has 4 heterocycles. The maximum absolute atomic E-state index is 13.5. The van der Waals surface area contributed by atoms with Gasteiger partial charge >= 0.3 is 0 Å². The molecule has 0 aliphatic carbocycles. The topological polar surface area (TPSA) is 125 Å². The number of rotatable bonds is 6. The molecule has 218 valence electrons. The molecule has 0 spiro atoms. The van der Waals surface area contributed by atoms with E-state index in [0.29, 0.717) is 73.9 Å². The molecule has 0 radical (unpaired) electrons. The monoisotopic (exact) mass is 565 g/mol. The van der Waals surface area contributed by atoms with Gasteiger partial charge in [0.2, 0.25) is 18.6 Å². The number of hydrogen-bond donors (Lipinski definition) is 2. The summed E-state index contributed by atoms with van der Waals surface area (Å²) in [5.74, 6) is 1.36. The molecule has 0 aromatic heterocycles. The van der Waals surface area contributed by atoms with Crippen LogP contribution in [0.15, 0.2) is 36.4 Å². The molecule has 0 saturated carbocycles. The molecule has 0 bridgehead atoms. The Hall–Kier alpha value is -3.83. The summed E-state index contributed by atoms with van der Waals surface area (Å²) in [4.78, 5) is 40.6. The number of nitrogens with one attached hydrogen (secondary N) is 2. The Morgan fingerprint density at radius 2 is 1.76 bits per heavy atom. The highest BCUT2D eigenvalue weighted by Crippen LogP contribution is 2.34. The van der Waals surface area contributed by atoms with E-state index in [9.17, 15) is 14.4 Å². The third-order valence-electron chi connectivity index (χ3n) is 8.21. The standard InChI is InChI=1S/C30H35N3O8/c1-33-23-5-4-21(14-28(34)31-15-18-2-6-25-26(12-18)40-17-39-25)41-27(23)16-38-24-7-3-20(13-22(24)30(33)36)32-29(35)19-8-10-37-11-9-19/h2-3,6-7,12-13,19,21,23,27H,4-5,8-11,14-17H2,1H3,(H,31,34)(H,32,35)/t21-,23+,27+/m1/s1. The second kappa shape index (κ2) is 12.0. The molecule has 6 rings (SSSR count). The number of nitrogens with zero attached hydrogens (tertiary/aromatic N) is 1. The van der Waals surface area contributed by atoms with Crippen molar-refractivity contribution in [3.05, 3.63) is 47.5 Å². The number of likely N-dealkylation sites (N-methyl/N-ethyl adjacent to an activating group) is 1. The van der Waals surface area contributed by atoms with Crippen molar-refractivity contribution in [1.29, 1.82) is 0 Å². The molecule has 2 N–H and O–H groups in total.